The van der Waals surface area contributed by atoms with Gasteiger partial charge in [-0.3, -0.25) is 4.79 Å². The van der Waals surface area contributed by atoms with Crippen LogP contribution in [0.25, 0.3) is 10.8 Å². The molecule has 2 aromatic rings. The lowest BCUT2D eigenvalue weighted by Gasteiger charge is -2.32. The van der Waals surface area contributed by atoms with Crippen molar-refractivity contribution in [3.63, 3.8) is 0 Å². The first kappa shape index (κ1) is 17.7. The average Bonchev–Trinajstić information content (AvgIpc) is 2.63. The maximum atomic E-state index is 12.9. The molecule has 0 aromatic heterocycles. The first-order valence-electron chi connectivity index (χ1n) is 8.86. The number of Topliss-reactive ketones (excluding diaryl/α,β-unsaturated/α-hetero) is 1. The number of carbonyl (C=O) groups excluding carboxylic acids is 1. The van der Waals surface area contributed by atoms with Crippen LogP contribution in [0, 0.1) is 24.2 Å². The molecule has 4 nitrogen and oxygen atoms in total. The topological polar surface area (TPSA) is 64.3 Å². The van der Waals surface area contributed by atoms with E-state index in [1.165, 1.54) is 0 Å². The third-order valence-corrected chi connectivity index (χ3v) is 5.26. The van der Waals surface area contributed by atoms with Crippen LogP contribution in [-0.4, -0.2) is 35.8 Å². The van der Waals surface area contributed by atoms with Gasteiger partial charge in [-0.05, 0) is 67.6 Å². The number of piperidine rings is 1. The Kier molecular flexibility index (Phi) is 5.22. The molecule has 128 valence electrons. The van der Waals surface area contributed by atoms with E-state index in [0.717, 1.165) is 46.8 Å². The summed E-state index contributed by atoms with van der Waals surface area (Å²) in [6.07, 6.45) is 2.18. The van der Waals surface area contributed by atoms with Crippen molar-refractivity contribution in [1.29, 1.82) is 5.26 Å². The quantitative estimate of drug-likeness (QED) is 0.689. The van der Waals surface area contributed by atoms with E-state index in [2.05, 4.69) is 6.07 Å². The Bertz CT molecular complexity index is 841. The van der Waals surface area contributed by atoms with Crippen molar-refractivity contribution in [2.24, 2.45) is 5.92 Å². The van der Waals surface area contributed by atoms with Gasteiger partial charge in [-0.2, -0.15) is 5.26 Å². The lowest BCUT2D eigenvalue weighted by molar-refractivity contribution is 0.0865. The molecule has 1 atom stereocenters. The Morgan fingerprint density at radius 2 is 2.20 bits per heavy atom. The van der Waals surface area contributed by atoms with Crippen LogP contribution in [0.15, 0.2) is 30.3 Å². The highest BCUT2D eigenvalue weighted by Crippen LogP contribution is 2.27. The lowest BCUT2D eigenvalue weighted by atomic mass is 9.79. The van der Waals surface area contributed by atoms with Gasteiger partial charge in [-0.15, -0.1) is 0 Å². The number of rotatable bonds is 4. The molecule has 0 bridgehead atoms. The Morgan fingerprint density at radius 3 is 2.92 bits per heavy atom. The van der Waals surface area contributed by atoms with Crippen LogP contribution in [0.3, 0.4) is 0 Å². The summed E-state index contributed by atoms with van der Waals surface area (Å²) >= 11 is 0. The largest absolute Gasteiger partial charge is 0.437 e. The van der Waals surface area contributed by atoms with Crippen LogP contribution < -0.4 is 0 Å². The number of carbonyl (C=O) groups is 1. The number of fused-ring (bicyclic) bond motifs is 1. The van der Waals surface area contributed by atoms with E-state index in [-0.39, 0.29) is 11.7 Å². The minimum absolute atomic E-state index is 0.0650. The molecule has 25 heavy (non-hydrogen) atoms. The number of ketones is 1. The summed E-state index contributed by atoms with van der Waals surface area (Å²) in [4.78, 5) is 14.9. The zero-order valence-corrected chi connectivity index (χ0v) is 14.8. The fourth-order valence-electron chi connectivity index (χ4n) is 3.77. The van der Waals surface area contributed by atoms with Gasteiger partial charge in [-0.25, -0.2) is 0 Å². The lowest BCUT2D eigenvalue weighted by Crippen LogP contribution is -2.46. The number of nitrogens with zero attached hydrogens (tertiary/aromatic N) is 2. The first-order valence-corrected chi connectivity index (χ1v) is 8.86. The van der Waals surface area contributed by atoms with Gasteiger partial charge in [0.1, 0.15) is 0 Å². The van der Waals surface area contributed by atoms with E-state index >= 15 is 0 Å². The molecule has 3 rings (SSSR count). The highest BCUT2D eigenvalue weighted by Gasteiger charge is 2.29. The molecule has 1 unspecified atom stereocenters. The normalized spacial score (nSPS) is 18.1. The summed E-state index contributed by atoms with van der Waals surface area (Å²) in [5.41, 5.74) is 2.86. The minimum Gasteiger partial charge on any atom is -0.437 e. The maximum absolute atomic E-state index is 12.9. The van der Waals surface area contributed by atoms with Gasteiger partial charge < -0.3 is 9.83 Å². The van der Waals surface area contributed by atoms with E-state index in [1.54, 1.807) is 6.82 Å². The van der Waals surface area contributed by atoms with E-state index in [9.17, 15) is 9.82 Å². The van der Waals surface area contributed by atoms with Crippen molar-refractivity contribution in [3.05, 3.63) is 47.0 Å². The van der Waals surface area contributed by atoms with Crippen molar-refractivity contribution >= 4 is 23.6 Å². The van der Waals surface area contributed by atoms with Crippen LogP contribution >= 0.6 is 0 Å². The SMILES string of the molecule is CB(O)N1CCCC(C(=O)c2ccc3c(CC#N)c(C)ccc3c2)C1. The minimum atomic E-state index is -0.510. The third kappa shape index (κ3) is 3.61. The second kappa shape index (κ2) is 7.39. The summed E-state index contributed by atoms with van der Waals surface area (Å²) < 4.78 is 0. The molecule has 1 aliphatic rings. The zero-order chi connectivity index (χ0) is 18.0. The van der Waals surface area contributed by atoms with E-state index in [1.807, 2.05) is 42.1 Å². The summed E-state index contributed by atoms with van der Waals surface area (Å²) in [6, 6.07) is 12.1. The zero-order valence-electron chi connectivity index (χ0n) is 14.8. The smallest absolute Gasteiger partial charge is 0.376 e. The number of nitriles is 1. The maximum Gasteiger partial charge on any atom is 0.376 e. The third-order valence-electron chi connectivity index (χ3n) is 5.26. The standard InChI is InChI=1S/C20H23BN2O2/c1-14-5-6-15-12-16(7-8-19(15)18(14)9-10-22)20(24)17-4-3-11-23(13-17)21(2)25/h5-8,12,17,25H,3-4,9,11,13H2,1-2H3. The molecule has 0 saturated carbocycles. The van der Waals surface area contributed by atoms with Gasteiger partial charge in [0.15, 0.2) is 5.78 Å². The number of hydrogen-bond donors (Lipinski definition) is 1. The Labute approximate surface area is 149 Å². The molecule has 1 fully saturated rings. The summed E-state index contributed by atoms with van der Waals surface area (Å²) in [6.45, 7) is 5.22. The second-order valence-electron chi connectivity index (χ2n) is 6.96. The Morgan fingerprint density at radius 1 is 1.40 bits per heavy atom. The molecule has 1 saturated heterocycles. The molecule has 5 heteroatoms. The fourth-order valence-corrected chi connectivity index (χ4v) is 3.77. The molecular formula is C20H23BN2O2. The summed E-state index contributed by atoms with van der Waals surface area (Å²) in [5.74, 6) is 0.0829. The van der Waals surface area contributed by atoms with Crippen molar-refractivity contribution in [2.75, 3.05) is 13.1 Å². The number of hydrogen-bond acceptors (Lipinski definition) is 4. The Balaban J connectivity index is 1.90. The van der Waals surface area contributed by atoms with Crippen LogP contribution in [-0.2, 0) is 6.42 Å². The Hall–Kier alpha value is -2.16. The van der Waals surface area contributed by atoms with Crippen molar-refractivity contribution < 1.29 is 9.82 Å². The first-order chi connectivity index (χ1) is 12.0. The van der Waals surface area contributed by atoms with E-state index in [0.29, 0.717) is 13.0 Å². The van der Waals surface area contributed by atoms with Gasteiger partial charge in [0, 0.05) is 11.5 Å². The van der Waals surface area contributed by atoms with Crippen LogP contribution in [0.2, 0.25) is 6.82 Å². The van der Waals surface area contributed by atoms with E-state index < -0.39 is 7.05 Å². The molecule has 0 radical (unpaired) electrons. The van der Waals surface area contributed by atoms with Gasteiger partial charge in [0.25, 0.3) is 0 Å². The van der Waals surface area contributed by atoms with Gasteiger partial charge in [0.05, 0.1) is 12.5 Å². The molecular weight excluding hydrogens is 311 g/mol. The molecule has 1 N–H and O–H groups in total. The van der Waals surface area contributed by atoms with Crippen LogP contribution in [0.5, 0.6) is 0 Å². The van der Waals surface area contributed by atoms with Crippen LogP contribution in [0.1, 0.15) is 34.3 Å². The van der Waals surface area contributed by atoms with Crippen molar-refractivity contribution in [2.45, 2.75) is 33.0 Å². The molecule has 2 aromatic carbocycles. The molecule has 1 heterocycles. The van der Waals surface area contributed by atoms with Crippen molar-refractivity contribution in [3.8, 4) is 6.07 Å². The van der Waals surface area contributed by atoms with Crippen LogP contribution in [0.4, 0.5) is 0 Å². The van der Waals surface area contributed by atoms with Gasteiger partial charge in [-0.1, -0.05) is 24.3 Å². The highest BCUT2D eigenvalue weighted by atomic mass is 16.2. The summed E-state index contributed by atoms with van der Waals surface area (Å²) in [5, 5.41) is 20.9. The fraction of sp³-hybridized carbons (Fsp3) is 0.400. The molecule has 0 spiro atoms. The molecule has 0 amide bonds. The summed E-state index contributed by atoms with van der Waals surface area (Å²) in [7, 11) is -0.510. The van der Waals surface area contributed by atoms with Gasteiger partial charge in [0.2, 0.25) is 0 Å². The predicted octanol–water partition coefficient (Wildman–Crippen LogP) is 3.22. The molecule has 1 aliphatic heterocycles. The predicted molar refractivity (Wildman–Crippen MR) is 100 cm³/mol. The highest BCUT2D eigenvalue weighted by molar-refractivity contribution is 6.45. The van der Waals surface area contributed by atoms with Crippen molar-refractivity contribution in [1.82, 2.24) is 4.81 Å². The number of benzene rings is 2. The monoisotopic (exact) mass is 334 g/mol. The number of aryl methyl sites for hydroxylation is 1. The van der Waals surface area contributed by atoms with Gasteiger partial charge >= 0.3 is 7.05 Å². The average molecular weight is 334 g/mol. The van der Waals surface area contributed by atoms with E-state index in [4.69, 9.17) is 5.26 Å². The molecule has 0 aliphatic carbocycles. The second-order valence-corrected chi connectivity index (χ2v) is 6.96.